The number of benzene rings is 6. The van der Waals surface area contributed by atoms with E-state index in [1.807, 2.05) is 48.5 Å². The number of carbonyl (C=O) groups excluding carboxylic acids is 10. The first kappa shape index (κ1) is 104. The summed E-state index contributed by atoms with van der Waals surface area (Å²) in [6, 6.07) is 44.6. The van der Waals surface area contributed by atoms with Gasteiger partial charge in [-0.3, -0.25) is 19.2 Å². The fourth-order valence-electron chi connectivity index (χ4n) is 12.9. The lowest BCUT2D eigenvalue weighted by atomic mass is 9.80. The Balaban J connectivity index is 0.000000264. The smallest absolute Gasteiger partial charge is 0.338 e. The van der Waals surface area contributed by atoms with Gasteiger partial charge < -0.3 is 66.3 Å². The molecule has 0 spiro atoms. The summed E-state index contributed by atoms with van der Waals surface area (Å²) in [5.41, 5.74) is 3.94. The van der Waals surface area contributed by atoms with Gasteiger partial charge in [0, 0.05) is 41.0 Å². The number of Topliss-reactive ketones (excluding diaryl/α,β-unsaturated/α-hetero) is 2. The fraction of sp³-hybridized carbons (Fsp3) is 0.410. The number of methoxy groups -OCH3 is 4. The number of ether oxygens (including phenoxy) is 14. The number of fused-ring (bicyclic) bond motifs is 1. The average Bonchev–Trinajstić information content (AvgIpc) is 1.61. The summed E-state index contributed by atoms with van der Waals surface area (Å²) in [7, 11) is 6.40. The number of aromatic nitrogens is 1. The molecule has 0 amide bonds. The SMILES string of the molecule is C=CC(=O)OCCCCCCOC(=O)c1ccc(OC)cc1.C=CC(=O)OCCCCCCOc1ccc(OC)cc1.C=CC(=O)OCCCCOC(=O)c1ccc(OC)cc1.C=CC(=O)OCCCCOc1ccc(OC)cc1.CCCc1ccc(-c2ccc(-c3nc4c(OC(=O)C5CCC(C(C)=O)CC5)ccc(OC(=O)C5CCC(C(C)=O)CC5)c4s3)s2)cc1. The van der Waals surface area contributed by atoms with Gasteiger partial charge in [-0.05, 0) is 281 Å². The van der Waals surface area contributed by atoms with Crippen LogP contribution in [-0.2, 0) is 73.2 Å². The van der Waals surface area contributed by atoms with E-state index < -0.39 is 11.9 Å². The number of hydrogen-bond acceptors (Lipinski definition) is 27. The summed E-state index contributed by atoms with van der Waals surface area (Å²) in [6.45, 7) is 22.2. The minimum Gasteiger partial charge on any atom is -0.497 e. The van der Waals surface area contributed by atoms with Crippen LogP contribution in [0.25, 0.3) is 30.5 Å². The summed E-state index contributed by atoms with van der Waals surface area (Å²) in [4.78, 5) is 124. The summed E-state index contributed by atoms with van der Waals surface area (Å²) in [6.07, 6.45) is 22.3. The van der Waals surface area contributed by atoms with E-state index >= 15 is 0 Å². The molecule has 0 bridgehead atoms. The van der Waals surface area contributed by atoms with Crippen molar-refractivity contribution in [3.8, 4) is 66.3 Å². The van der Waals surface area contributed by atoms with Gasteiger partial charge in [-0.1, -0.05) is 63.9 Å². The molecule has 10 rings (SSSR count). The molecule has 0 unspecified atom stereocenters. The molecule has 2 heterocycles. The first-order chi connectivity index (χ1) is 61.5. The molecule has 127 heavy (non-hydrogen) atoms. The van der Waals surface area contributed by atoms with E-state index in [-0.39, 0.29) is 77.7 Å². The van der Waals surface area contributed by atoms with Crippen LogP contribution in [0.15, 0.2) is 196 Å². The van der Waals surface area contributed by atoms with Crippen LogP contribution in [0.1, 0.15) is 182 Å². The average molecular weight is 1790 g/mol. The Morgan fingerprint density at radius 1 is 0.354 bits per heavy atom. The monoisotopic (exact) mass is 1780 g/mol. The number of hydrogen-bond donors (Lipinski definition) is 0. The number of carbonyl (C=O) groups is 10. The van der Waals surface area contributed by atoms with Gasteiger partial charge >= 0.3 is 47.8 Å². The Labute approximate surface area is 753 Å². The number of nitrogens with zero attached hydrogens (tertiary/aromatic N) is 1. The highest BCUT2D eigenvalue weighted by Crippen LogP contribution is 2.45. The molecule has 682 valence electrons. The largest absolute Gasteiger partial charge is 0.497 e. The highest BCUT2D eigenvalue weighted by Gasteiger charge is 2.33. The van der Waals surface area contributed by atoms with Gasteiger partial charge in [-0.2, -0.15) is 0 Å². The molecule has 0 atom stereocenters. The van der Waals surface area contributed by atoms with Crippen LogP contribution in [0, 0.1) is 23.7 Å². The lowest BCUT2D eigenvalue weighted by Gasteiger charge is -2.25. The minimum atomic E-state index is -0.444. The van der Waals surface area contributed by atoms with Crippen LogP contribution >= 0.6 is 22.7 Å². The van der Waals surface area contributed by atoms with Crippen molar-refractivity contribution in [3.63, 3.8) is 0 Å². The van der Waals surface area contributed by atoms with Crippen molar-refractivity contribution in [2.24, 2.45) is 23.7 Å². The van der Waals surface area contributed by atoms with Gasteiger partial charge in [0.2, 0.25) is 0 Å². The molecule has 0 radical (unpaired) electrons. The summed E-state index contributed by atoms with van der Waals surface area (Å²) in [5, 5.41) is 0.753. The lowest BCUT2D eigenvalue weighted by Crippen LogP contribution is -2.28. The molecule has 2 aliphatic carbocycles. The molecule has 2 fully saturated rings. The maximum Gasteiger partial charge on any atom is 0.338 e. The van der Waals surface area contributed by atoms with Crippen molar-refractivity contribution in [1.29, 1.82) is 0 Å². The number of ketones is 2. The summed E-state index contributed by atoms with van der Waals surface area (Å²) >= 11 is 3.06. The molecule has 27 heteroatoms. The zero-order chi connectivity index (χ0) is 91.9. The van der Waals surface area contributed by atoms with Crippen molar-refractivity contribution in [3.05, 3.63) is 213 Å². The van der Waals surface area contributed by atoms with E-state index in [1.165, 1.54) is 23.0 Å². The molecule has 0 saturated heterocycles. The van der Waals surface area contributed by atoms with Gasteiger partial charge in [0.05, 0.1) is 109 Å². The maximum absolute atomic E-state index is 13.3. The Morgan fingerprint density at radius 3 is 1.03 bits per heavy atom. The molecule has 0 N–H and O–H groups in total. The molecular weight excluding hydrogens is 1660 g/mol. The third-order valence-electron chi connectivity index (χ3n) is 20.3. The van der Waals surface area contributed by atoms with E-state index in [1.54, 1.807) is 114 Å². The fourth-order valence-corrected chi connectivity index (χ4v) is 15.0. The standard InChI is InChI=1S/C38H41NO6S2.C17H22O5.C16H22O4.C15H18O5.C14H18O4/c1-4-5-24-6-8-27(9-7-24)32-20-21-33(46-32)36-39-34-30(44-37(42)28-14-10-25(11-15-28)22(2)40)18-19-31(35(34)47-36)45-38(43)29-16-12-26(13-17-29)23(3)41;1-3-16(18)21-12-6-4-5-7-13-22-17(19)14-8-10-15(20-2)11-9-14;1-3-16(17)20-13-7-5-4-6-12-19-15-10-8-14(18-2)9-11-15;1-3-14(16)19-10-4-5-11-20-15(17)12-6-8-13(18-2)9-7-12;1-3-14(15)18-11-5-4-10-17-13-8-6-12(16-2)7-9-13/h6-9,18-21,25-26,28-29H,4-5,10-17H2,1-3H3;3,8-11H,1,4-7,12-13H2,2H3;3,8-11H,1,4-7,12-13H2,2H3;3,6-9H,1,4-5,10-11H2,2H3;3,6-9H,1,4-5,10-11H2,2H3. The Hall–Kier alpha value is -12.2. The quantitative estimate of drug-likeness (QED) is 0.0112. The van der Waals surface area contributed by atoms with Gasteiger partial charge in [0.25, 0.3) is 0 Å². The highest BCUT2D eigenvalue weighted by molar-refractivity contribution is 7.26. The van der Waals surface area contributed by atoms with Crippen molar-refractivity contribution in [2.45, 2.75) is 162 Å². The van der Waals surface area contributed by atoms with Gasteiger partial charge in [0.15, 0.2) is 11.5 Å². The third kappa shape index (κ3) is 39.1. The topological polar surface area (TPSA) is 313 Å². The number of thiazole rings is 1. The third-order valence-corrected chi connectivity index (χ3v) is 22.7. The van der Waals surface area contributed by atoms with E-state index in [4.69, 9.17) is 71.3 Å². The van der Waals surface area contributed by atoms with Crippen LogP contribution in [0.5, 0.6) is 46.0 Å². The Bertz CT molecular complexity index is 4640. The zero-order valence-corrected chi connectivity index (χ0v) is 75.7. The maximum atomic E-state index is 13.3. The molecule has 2 aliphatic rings. The molecule has 2 saturated carbocycles. The van der Waals surface area contributed by atoms with E-state index in [0.717, 1.165) is 139 Å². The predicted octanol–water partition coefficient (Wildman–Crippen LogP) is 20.7. The van der Waals surface area contributed by atoms with E-state index in [2.05, 4.69) is 69.6 Å². The molecular formula is C100H121NO24S2. The molecule has 2 aromatic heterocycles. The summed E-state index contributed by atoms with van der Waals surface area (Å²) < 4.78 is 73.6. The lowest BCUT2D eigenvalue weighted by molar-refractivity contribution is -0.141. The van der Waals surface area contributed by atoms with E-state index in [9.17, 15) is 47.9 Å². The second-order valence-corrected chi connectivity index (χ2v) is 31.6. The van der Waals surface area contributed by atoms with Crippen LogP contribution < -0.4 is 37.9 Å². The number of thiophene rings is 1. The Kier molecular flexibility index (Phi) is 48.6. The number of unbranched alkanes of at least 4 members (excludes halogenated alkanes) is 8. The van der Waals surface area contributed by atoms with Gasteiger partial charge in [-0.25, -0.2) is 33.8 Å². The first-order valence-electron chi connectivity index (χ1n) is 43.0. The van der Waals surface area contributed by atoms with Gasteiger partial charge in [0.1, 0.15) is 61.3 Å². The van der Waals surface area contributed by atoms with E-state index in [0.29, 0.717) is 155 Å². The van der Waals surface area contributed by atoms with Gasteiger partial charge in [-0.15, -0.1) is 22.7 Å². The van der Waals surface area contributed by atoms with Crippen molar-refractivity contribution in [2.75, 3.05) is 81.3 Å². The predicted molar refractivity (Wildman–Crippen MR) is 489 cm³/mol. The molecule has 8 aromatic rings. The molecule has 0 aliphatic heterocycles. The van der Waals surface area contributed by atoms with Crippen molar-refractivity contribution < 1.29 is 114 Å². The highest BCUT2D eigenvalue weighted by atomic mass is 32.1. The molecule has 25 nitrogen and oxygen atoms in total. The number of rotatable bonds is 46. The summed E-state index contributed by atoms with van der Waals surface area (Å²) in [5.74, 6) is 2.35. The zero-order valence-electron chi connectivity index (χ0n) is 74.1. The van der Waals surface area contributed by atoms with Crippen LogP contribution in [0.4, 0.5) is 0 Å². The second-order valence-electron chi connectivity index (χ2n) is 29.5. The van der Waals surface area contributed by atoms with Crippen molar-refractivity contribution >= 4 is 92.2 Å². The second kappa shape index (κ2) is 59.6. The molecule has 6 aromatic carbocycles. The normalized spacial score (nSPS) is 14.0. The Morgan fingerprint density at radius 2 is 0.669 bits per heavy atom. The first-order valence-corrected chi connectivity index (χ1v) is 44.6. The minimum absolute atomic E-state index is 0.0169. The number of aryl methyl sites for hydroxylation is 1. The number of esters is 8. The van der Waals surface area contributed by atoms with Crippen LogP contribution in [0.2, 0.25) is 0 Å². The van der Waals surface area contributed by atoms with Crippen LogP contribution in [0.3, 0.4) is 0 Å². The van der Waals surface area contributed by atoms with Crippen molar-refractivity contribution in [1.82, 2.24) is 4.98 Å². The van der Waals surface area contributed by atoms with Crippen LogP contribution in [-0.4, -0.2) is 146 Å².